The van der Waals surface area contributed by atoms with Crippen LogP contribution in [-0.2, 0) is 22.6 Å². The van der Waals surface area contributed by atoms with Gasteiger partial charge in [-0.05, 0) is 61.2 Å². The van der Waals surface area contributed by atoms with Gasteiger partial charge >= 0.3 is 0 Å². The summed E-state index contributed by atoms with van der Waals surface area (Å²) in [7, 11) is 0. The summed E-state index contributed by atoms with van der Waals surface area (Å²) in [6.45, 7) is 6.11. The lowest BCUT2D eigenvalue weighted by Gasteiger charge is -2.31. The van der Waals surface area contributed by atoms with Gasteiger partial charge in [0.25, 0.3) is 5.91 Å². The van der Waals surface area contributed by atoms with Gasteiger partial charge in [-0.2, -0.15) is 0 Å². The number of carbonyl (C=O) groups excluding carboxylic acids is 2. The third kappa shape index (κ3) is 6.91. The number of rotatable bonds is 10. The maximum Gasteiger partial charge on any atom is 0.261 e. The highest BCUT2D eigenvalue weighted by Gasteiger charge is 2.30. The fraction of sp³-hybridized carbons (Fsp3) is 0.286. The van der Waals surface area contributed by atoms with E-state index in [9.17, 15) is 14.0 Å². The molecule has 0 spiro atoms. The molecule has 5 nitrogen and oxygen atoms in total. The molecule has 1 N–H and O–H groups in total. The van der Waals surface area contributed by atoms with Crippen LogP contribution in [0.3, 0.4) is 0 Å². The predicted molar refractivity (Wildman–Crippen MR) is 131 cm³/mol. The highest BCUT2D eigenvalue weighted by Crippen LogP contribution is 2.20. The number of amides is 2. The van der Waals surface area contributed by atoms with E-state index in [-0.39, 0.29) is 30.8 Å². The van der Waals surface area contributed by atoms with Gasteiger partial charge in [-0.3, -0.25) is 9.59 Å². The first-order valence-electron chi connectivity index (χ1n) is 11.4. The summed E-state index contributed by atoms with van der Waals surface area (Å²) in [5, 5.41) is 2.85. The van der Waals surface area contributed by atoms with Crippen molar-refractivity contribution in [1.82, 2.24) is 10.2 Å². The first kappa shape index (κ1) is 25.0. The molecule has 0 saturated heterocycles. The Labute approximate surface area is 200 Å². The third-order valence-electron chi connectivity index (χ3n) is 5.58. The summed E-state index contributed by atoms with van der Waals surface area (Å²) >= 11 is 0. The Morgan fingerprint density at radius 2 is 1.68 bits per heavy atom. The van der Waals surface area contributed by atoms with Crippen LogP contribution in [-0.4, -0.2) is 35.9 Å². The Kier molecular flexibility index (Phi) is 8.79. The van der Waals surface area contributed by atoms with E-state index in [2.05, 4.69) is 5.32 Å². The summed E-state index contributed by atoms with van der Waals surface area (Å²) < 4.78 is 19.3. The van der Waals surface area contributed by atoms with Crippen molar-refractivity contribution in [2.24, 2.45) is 0 Å². The smallest absolute Gasteiger partial charge is 0.261 e. The first-order valence-corrected chi connectivity index (χ1v) is 11.4. The van der Waals surface area contributed by atoms with Gasteiger partial charge in [0.05, 0.1) is 0 Å². The summed E-state index contributed by atoms with van der Waals surface area (Å²) in [6.07, 6.45) is 0.350. The molecule has 1 atom stereocenters. The minimum absolute atomic E-state index is 0.157. The Hall–Kier alpha value is -3.67. The minimum Gasteiger partial charge on any atom is -0.483 e. The van der Waals surface area contributed by atoms with Crippen LogP contribution in [0.1, 0.15) is 29.2 Å². The Morgan fingerprint density at radius 3 is 2.35 bits per heavy atom. The van der Waals surface area contributed by atoms with E-state index in [0.717, 1.165) is 22.3 Å². The maximum atomic E-state index is 13.5. The number of hydrogen-bond donors (Lipinski definition) is 1. The normalized spacial score (nSPS) is 11.5. The zero-order chi connectivity index (χ0) is 24.5. The average Bonchev–Trinajstić information content (AvgIpc) is 2.83. The molecular formula is C28H31FN2O3. The molecule has 0 aromatic heterocycles. The topological polar surface area (TPSA) is 58.6 Å². The largest absolute Gasteiger partial charge is 0.483 e. The quantitative estimate of drug-likeness (QED) is 0.479. The van der Waals surface area contributed by atoms with Gasteiger partial charge in [0.2, 0.25) is 5.91 Å². The van der Waals surface area contributed by atoms with Crippen LogP contribution in [0.4, 0.5) is 4.39 Å². The number of benzene rings is 3. The van der Waals surface area contributed by atoms with E-state index < -0.39 is 6.04 Å². The number of likely N-dealkylation sites (N-methyl/N-ethyl adjacent to an activating group) is 1. The van der Waals surface area contributed by atoms with Gasteiger partial charge in [-0.25, -0.2) is 4.39 Å². The number of nitrogens with one attached hydrogen (secondary N) is 1. The second-order valence-electron chi connectivity index (χ2n) is 8.31. The number of hydrogen-bond acceptors (Lipinski definition) is 3. The van der Waals surface area contributed by atoms with E-state index in [1.807, 2.05) is 69.3 Å². The van der Waals surface area contributed by atoms with Gasteiger partial charge in [-0.15, -0.1) is 0 Å². The van der Waals surface area contributed by atoms with E-state index in [1.54, 1.807) is 12.1 Å². The number of carbonyl (C=O) groups is 2. The molecule has 34 heavy (non-hydrogen) atoms. The van der Waals surface area contributed by atoms with Crippen molar-refractivity contribution < 1.29 is 18.7 Å². The highest BCUT2D eigenvalue weighted by molar-refractivity contribution is 5.88. The number of halogens is 1. The summed E-state index contributed by atoms with van der Waals surface area (Å²) in [5.41, 5.74) is 3.61. The molecule has 0 saturated carbocycles. The summed E-state index contributed by atoms with van der Waals surface area (Å²) in [4.78, 5) is 28.1. The number of ether oxygens (including phenoxy) is 1. The van der Waals surface area contributed by atoms with E-state index in [1.165, 1.54) is 17.0 Å². The van der Waals surface area contributed by atoms with E-state index >= 15 is 0 Å². The standard InChI is InChI=1S/C28H31FN2O3/c1-4-30-28(33)25(17-22-8-6-5-7-9-22)31(18-23-12-14-24(29)15-13-23)27(32)19-34-26-16-20(2)10-11-21(26)3/h5-16,25H,4,17-19H2,1-3H3,(H,30,33). The molecule has 0 fully saturated rings. The molecule has 0 aliphatic rings. The summed E-state index contributed by atoms with van der Waals surface area (Å²) in [5.74, 6) is -0.289. The van der Waals surface area contributed by atoms with Crippen molar-refractivity contribution in [3.05, 3.63) is 101 Å². The monoisotopic (exact) mass is 462 g/mol. The van der Waals surface area contributed by atoms with Crippen molar-refractivity contribution in [2.45, 2.75) is 39.8 Å². The average molecular weight is 463 g/mol. The molecule has 178 valence electrons. The highest BCUT2D eigenvalue weighted by atomic mass is 19.1. The van der Waals surface area contributed by atoms with Crippen molar-refractivity contribution in [1.29, 1.82) is 0 Å². The van der Waals surface area contributed by atoms with Gasteiger partial charge in [0.15, 0.2) is 6.61 Å². The van der Waals surface area contributed by atoms with Crippen LogP contribution in [0.25, 0.3) is 0 Å². The molecule has 6 heteroatoms. The van der Waals surface area contributed by atoms with Crippen molar-refractivity contribution >= 4 is 11.8 Å². The van der Waals surface area contributed by atoms with Crippen molar-refractivity contribution in [3.63, 3.8) is 0 Å². The second-order valence-corrected chi connectivity index (χ2v) is 8.31. The maximum absolute atomic E-state index is 13.5. The van der Waals surface area contributed by atoms with Gasteiger partial charge in [-0.1, -0.05) is 54.6 Å². The van der Waals surface area contributed by atoms with E-state index in [4.69, 9.17) is 4.74 Å². The fourth-order valence-corrected chi connectivity index (χ4v) is 3.72. The Morgan fingerprint density at radius 1 is 0.971 bits per heavy atom. The molecule has 3 aromatic carbocycles. The molecule has 1 unspecified atom stereocenters. The molecule has 2 amide bonds. The molecule has 0 aliphatic carbocycles. The van der Waals surface area contributed by atoms with Crippen LogP contribution >= 0.6 is 0 Å². The molecule has 0 bridgehead atoms. The third-order valence-corrected chi connectivity index (χ3v) is 5.58. The van der Waals surface area contributed by atoms with Crippen LogP contribution in [0.2, 0.25) is 0 Å². The molecule has 0 heterocycles. The first-order chi connectivity index (χ1) is 16.4. The Balaban J connectivity index is 1.90. The fourth-order valence-electron chi connectivity index (χ4n) is 3.72. The van der Waals surface area contributed by atoms with Crippen LogP contribution in [0.5, 0.6) is 5.75 Å². The lowest BCUT2D eigenvalue weighted by atomic mass is 10.0. The SMILES string of the molecule is CCNC(=O)C(Cc1ccccc1)N(Cc1ccc(F)cc1)C(=O)COc1cc(C)ccc1C. The van der Waals surface area contributed by atoms with Gasteiger partial charge < -0.3 is 15.0 Å². The van der Waals surface area contributed by atoms with Gasteiger partial charge in [0, 0.05) is 19.5 Å². The molecular weight excluding hydrogens is 431 g/mol. The lowest BCUT2D eigenvalue weighted by Crippen LogP contribution is -2.51. The molecule has 3 aromatic rings. The Bertz CT molecular complexity index is 1100. The molecule has 0 aliphatic heterocycles. The zero-order valence-electron chi connectivity index (χ0n) is 19.9. The molecule has 0 radical (unpaired) electrons. The van der Waals surface area contributed by atoms with Gasteiger partial charge in [0.1, 0.15) is 17.6 Å². The van der Waals surface area contributed by atoms with Crippen molar-refractivity contribution in [3.8, 4) is 5.75 Å². The lowest BCUT2D eigenvalue weighted by molar-refractivity contribution is -0.142. The van der Waals surface area contributed by atoms with Crippen LogP contribution < -0.4 is 10.1 Å². The van der Waals surface area contributed by atoms with Crippen molar-refractivity contribution in [2.75, 3.05) is 13.2 Å². The molecule has 3 rings (SSSR count). The number of aryl methyl sites for hydroxylation is 2. The second kappa shape index (κ2) is 12.0. The predicted octanol–water partition coefficient (Wildman–Crippen LogP) is 4.60. The van der Waals surface area contributed by atoms with E-state index in [0.29, 0.717) is 18.7 Å². The number of nitrogens with zero attached hydrogens (tertiary/aromatic N) is 1. The van der Waals surface area contributed by atoms with Crippen LogP contribution in [0, 0.1) is 19.7 Å². The van der Waals surface area contributed by atoms with Crippen LogP contribution in [0.15, 0.2) is 72.8 Å². The minimum atomic E-state index is -0.748. The summed E-state index contributed by atoms with van der Waals surface area (Å²) in [6, 6.07) is 20.6. The zero-order valence-corrected chi connectivity index (χ0v) is 19.9.